The molecule has 0 bridgehead atoms. The summed E-state index contributed by atoms with van der Waals surface area (Å²) in [4.78, 5) is 11.2. The van der Waals surface area contributed by atoms with Gasteiger partial charge < -0.3 is 10.5 Å². The Morgan fingerprint density at radius 1 is 0.958 bits per heavy atom. The molecule has 2 atom stereocenters. The van der Waals surface area contributed by atoms with E-state index in [1.165, 1.54) is 69.8 Å². The van der Waals surface area contributed by atoms with Crippen LogP contribution >= 0.6 is 0 Å². The Hall–Kier alpha value is -1.35. The zero-order valence-corrected chi connectivity index (χ0v) is 15.1. The number of unbranched alkanes of at least 4 members (excludes halogenated alkanes) is 9. The molecule has 0 aromatic heterocycles. The average Bonchev–Trinajstić information content (AvgIpc) is 3.38. The second-order valence-electron chi connectivity index (χ2n) is 7.01. The van der Waals surface area contributed by atoms with Crippen LogP contribution in [0.3, 0.4) is 0 Å². The van der Waals surface area contributed by atoms with Gasteiger partial charge in [0.05, 0.1) is 0 Å². The van der Waals surface area contributed by atoms with E-state index in [-0.39, 0.29) is 12.0 Å². The molecule has 0 spiro atoms. The molecule has 0 radical (unpaired) electrons. The number of aryl methyl sites for hydroxylation is 1. The van der Waals surface area contributed by atoms with Gasteiger partial charge in [-0.05, 0) is 24.0 Å². The third-order valence-electron chi connectivity index (χ3n) is 4.93. The summed E-state index contributed by atoms with van der Waals surface area (Å²) in [6.07, 6.45) is 14.0. The minimum absolute atomic E-state index is 0.109. The van der Waals surface area contributed by atoms with Crippen LogP contribution in [0, 0.1) is 0 Å². The van der Waals surface area contributed by atoms with Crippen molar-refractivity contribution in [3.8, 4) is 0 Å². The van der Waals surface area contributed by atoms with E-state index in [1.54, 1.807) is 0 Å². The van der Waals surface area contributed by atoms with Crippen LogP contribution in [-0.2, 0) is 16.0 Å². The number of carbonyl (C=O) groups excluding carboxylic acids is 1. The molecule has 0 saturated carbocycles. The van der Waals surface area contributed by atoms with Crippen LogP contribution in [0.4, 0.5) is 0 Å². The first-order chi connectivity index (χ1) is 11.7. The lowest BCUT2D eigenvalue weighted by Gasteiger charge is -2.07. The SMILES string of the molecule is CCCCCCCCCCCCc1ccccc1C1OC1C(N)=O. The predicted molar refractivity (Wildman–Crippen MR) is 98.8 cm³/mol. The highest BCUT2D eigenvalue weighted by molar-refractivity contribution is 5.82. The van der Waals surface area contributed by atoms with Gasteiger partial charge in [0.1, 0.15) is 6.10 Å². The molecule has 1 aliphatic rings. The van der Waals surface area contributed by atoms with E-state index in [1.807, 2.05) is 6.07 Å². The second-order valence-corrected chi connectivity index (χ2v) is 7.01. The number of carbonyl (C=O) groups is 1. The minimum Gasteiger partial charge on any atom is -0.367 e. The second kappa shape index (κ2) is 10.5. The molecule has 0 aliphatic carbocycles. The number of benzene rings is 1. The summed E-state index contributed by atoms with van der Waals surface area (Å²) < 4.78 is 5.43. The van der Waals surface area contributed by atoms with E-state index in [4.69, 9.17) is 10.5 Å². The van der Waals surface area contributed by atoms with Crippen molar-refractivity contribution >= 4 is 5.91 Å². The van der Waals surface area contributed by atoms with Gasteiger partial charge in [0, 0.05) is 0 Å². The fourth-order valence-corrected chi connectivity index (χ4v) is 3.41. The van der Waals surface area contributed by atoms with E-state index in [2.05, 4.69) is 25.1 Å². The molecule has 1 heterocycles. The number of hydrogen-bond acceptors (Lipinski definition) is 2. The van der Waals surface area contributed by atoms with Crippen molar-refractivity contribution in [1.82, 2.24) is 0 Å². The van der Waals surface area contributed by atoms with Crippen LogP contribution in [-0.4, -0.2) is 12.0 Å². The first-order valence-electron chi connectivity index (χ1n) is 9.76. The first-order valence-corrected chi connectivity index (χ1v) is 9.76. The molecule has 1 amide bonds. The summed E-state index contributed by atoms with van der Waals surface area (Å²) in [6, 6.07) is 8.30. The number of amides is 1. The Bertz CT molecular complexity index is 500. The van der Waals surface area contributed by atoms with E-state index in [0.717, 1.165) is 12.0 Å². The summed E-state index contributed by atoms with van der Waals surface area (Å²) in [5, 5.41) is 0. The lowest BCUT2D eigenvalue weighted by atomic mass is 9.97. The Kier molecular flexibility index (Phi) is 8.31. The normalized spacial score (nSPS) is 19.4. The molecular formula is C21H33NO2. The van der Waals surface area contributed by atoms with Crippen LogP contribution in [0.1, 0.15) is 88.4 Å². The van der Waals surface area contributed by atoms with E-state index >= 15 is 0 Å². The topological polar surface area (TPSA) is 55.6 Å². The fraction of sp³-hybridized carbons (Fsp3) is 0.667. The molecule has 1 saturated heterocycles. The van der Waals surface area contributed by atoms with Crippen molar-refractivity contribution in [3.63, 3.8) is 0 Å². The molecule has 1 aliphatic heterocycles. The van der Waals surface area contributed by atoms with Crippen LogP contribution in [0.15, 0.2) is 24.3 Å². The molecule has 3 heteroatoms. The highest BCUT2D eigenvalue weighted by Gasteiger charge is 2.45. The zero-order chi connectivity index (χ0) is 17.2. The third kappa shape index (κ3) is 6.27. The van der Waals surface area contributed by atoms with Crippen molar-refractivity contribution < 1.29 is 9.53 Å². The van der Waals surface area contributed by atoms with Gasteiger partial charge in [-0.25, -0.2) is 0 Å². The van der Waals surface area contributed by atoms with Crippen molar-refractivity contribution in [1.29, 1.82) is 0 Å². The van der Waals surface area contributed by atoms with Gasteiger partial charge in [-0.2, -0.15) is 0 Å². The Morgan fingerprint density at radius 2 is 1.54 bits per heavy atom. The largest absolute Gasteiger partial charge is 0.367 e. The highest BCUT2D eigenvalue weighted by atomic mass is 16.6. The minimum atomic E-state index is -0.418. The lowest BCUT2D eigenvalue weighted by Crippen LogP contribution is -2.18. The first kappa shape index (κ1) is 19.0. The monoisotopic (exact) mass is 331 g/mol. The lowest BCUT2D eigenvalue weighted by molar-refractivity contribution is -0.119. The molecule has 24 heavy (non-hydrogen) atoms. The predicted octanol–water partition coefficient (Wildman–Crippen LogP) is 5.08. The number of rotatable bonds is 13. The van der Waals surface area contributed by atoms with Crippen molar-refractivity contribution in [2.24, 2.45) is 5.73 Å². The Labute approximate surface area is 147 Å². The number of epoxide rings is 1. The fourth-order valence-electron chi connectivity index (χ4n) is 3.41. The molecule has 2 rings (SSSR count). The maximum absolute atomic E-state index is 11.2. The summed E-state index contributed by atoms with van der Waals surface area (Å²) in [5.74, 6) is -0.353. The van der Waals surface area contributed by atoms with Gasteiger partial charge >= 0.3 is 0 Å². The molecular weight excluding hydrogens is 298 g/mol. The van der Waals surface area contributed by atoms with Crippen molar-refractivity contribution in [3.05, 3.63) is 35.4 Å². The van der Waals surface area contributed by atoms with Crippen LogP contribution in [0.2, 0.25) is 0 Å². The quantitative estimate of drug-likeness (QED) is 0.405. The molecule has 134 valence electrons. The van der Waals surface area contributed by atoms with Crippen molar-refractivity contribution in [2.45, 2.75) is 89.8 Å². The smallest absolute Gasteiger partial charge is 0.249 e. The van der Waals surface area contributed by atoms with E-state index in [0.29, 0.717) is 0 Å². The molecule has 1 fully saturated rings. The molecule has 2 N–H and O–H groups in total. The van der Waals surface area contributed by atoms with Crippen LogP contribution < -0.4 is 5.73 Å². The third-order valence-corrected chi connectivity index (χ3v) is 4.93. The summed E-state index contributed by atoms with van der Waals surface area (Å²) in [7, 11) is 0. The van der Waals surface area contributed by atoms with Gasteiger partial charge in [0.2, 0.25) is 5.91 Å². The van der Waals surface area contributed by atoms with Gasteiger partial charge in [-0.1, -0.05) is 89.0 Å². The summed E-state index contributed by atoms with van der Waals surface area (Å²) in [5.41, 5.74) is 7.78. The number of hydrogen-bond donors (Lipinski definition) is 1. The zero-order valence-electron chi connectivity index (χ0n) is 15.1. The Balaban J connectivity index is 1.59. The van der Waals surface area contributed by atoms with E-state index < -0.39 is 6.10 Å². The van der Waals surface area contributed by atoms with E-state index in [9.17, 15) is 4.79 Å². The summed E-state index contributed by atoms with van der Waals surface area (Å²) in [6.45, 7) is 2.27. The molecule has 1 aromatic rings. The standard InChI is InChI=1S/C21H33NO2/c1-2-3-4-5-6-7-8-9-10-11-14-17-15-12-13-16-18(17)19-20(24-19)21(22)23/h12-13,15-16,19-20H,2-11,14H2,1H3,(H2,22,23). The maximum Gasteiger partial charge on any atom is 0.249 e. The summed E-state index contributed by atoms with van der Waals surface area (Å²) >= 11 is 0. The number of primary amides is 1. The maximum atomic E-state index is 11.2. The average molecular weight is 332 g/mol. The number of ether oxygens (including phenoxy) is 1. The van der Waals surface area contributed by atoms with Gasteiger partial charge in [-0.3, -0.25) is 4.79 Å². The Morgan fingerprint density at radius 3 is 2.12 bits per heavy atom. The van der Waals surface area contributed by atoms with Crippen molar-refractivity contribution in [2.75, 3.05) is 0 Å². The van der Waals surface area contributed by atoms with Gasteiger partial charge in [-0.15, -0.1) is 0 Å². The van der Waals surface area contributed by atoms with Crippen LogP contribution in [0.5, 0.6) is 0 Å². The molecule has 1 aromatic carbocycles. The highest BCUT2D eigenvalue weighted by Crippen LogP contribution is 2.40. The number of nitrogens with two attached hydrogens (primary N) is 1. The molecule has 2 unspecified atom stereocenters. The molecule has 3 nitrogen and oxygen atoms in total. The van der Waals surface area contributed by atoms with Gasteiger partial charge in [0.25, 0.3) is 0 Å². The van der Waals surface area contributed by atoms with Crippen LogP contribution in [0.25, 0.3) is 0 Å². The van der Waals surface area contributed by atoms with Gasteiger partial charge in [0.15, 0.2) is 6.10 Å².